The topological polar surface area (TPSA) is 85.9 Å². The van der Waals surface area contributed by atoms with Crippen LogP contribution in [-0.4, -0.2) is 26.2 Å². The molecule has 0 bridgehead atoms. The molecule has 0 aliphatic carbocycles. The molecule has 8 heteroatoms. The Labute approximate surface area is 180 Å². The maximum absolute atomic E-state index is 13.2. The molecule has 0 radical (unpaired) electrons. The van der Waals surface area contributed by atoms with Crippen molar-refractivity contribution in [3.8, 4) is 11.5 Å². The number of esters is 1. The summed E-state index contributed by atoms with van der Waals surface area (Å²) in [6.07, 6.45) is 1.24. The van der Waals surface area contributed by atoms with E-state index in [1.807, 2.05) is 6.92 Å². The third kappa shape index (κ3) is 4.96. The van der Waals surface area contributed by atoms with Gasteiger partial charge in [0.2, 0.25) is 0 Å². The second kappa shape index (κ2) is 9.97. The van der Waals surface area contributed by atoms with Crippen LogP contribution in [-0.2, 0) is 16.1 Å². The standard InChI is InChI=1S/C23H25FN2O5/c1-4-6-17-19(22(27)30-3)20(26-23(28)25-17)16-7-5-8-18(29-2)21(16)31-13-14-9-11-15(24)12-10-14/h5,7-12,20H,4,6,13H2,1-3H3,(H2,25,26,28). The minimum Gasteiger partial charge on any atom is -0.493 e. The Hall–Kier alpha value is -3.55. The van der Waals surface area contributed by atoms with Gasteiger partial charge in [-0.1, -0.05) is 37.6 Å². The largest absolute Gasteiger partial charge is 0.493 e. The van der Waals surface area contributed by atoms with E-state index in [-0.39, 0.29) is 12.4 Å². The number of amides is 2. The van der Waals surface area contributed by atoms with Gasteiger partial charge < -0.3 is 24.8 Å². The second-order valence-corrected chi connectivity index (χ2v) is 6.96. The lowest BCUT2D eigenvalue weighted by Gasteiger charge is -2.30. The van der Waals surface area contributed by atoms with Crippen molar-refractivity contribution in [1.29, 1.82) is 0 Å². The van der Waals surface area contributed by atoms with E-state index >= 15 is 0 Å². The number of ether oxygens (including phenoxy) is 3. The van der Waals surface area contributed by atoms with E-state index in [1.54, 1.807) is 30.3 Å². The van der Waals surface area contributed by atoms with E-state index in [1.165, 1.54) is 26.4 Å². The number of rotatable bonds is 8. The zero-order valence-corrected chi connectivity index (χ0v) is 17.7. The van der Waals surface area contributed by atoms with Crippen molar-refractivity contribution >= 4 is 12.0 Å². The smallest absolute Gasteiger partial charge is 0.337 e. The number of carbonyl (C=O) groups is 2. The molecule has 2 aromatic rings. The highest BCUT2D eigenvalue weighted by Crippen LogP contribution is 2.40. The highest BCUT2D eigenvalue weighted by molar-refractivity contribution is 5.95. The summed E-state index contributed by atoms with van der Waals surface area (Å²) in [5.41, 5.74) is 2.12. The number of allylic oxidation sites excluding steroid dienone is 1. The molecule has 0 fully saturated rings. The van der Waals surface area contributed by atoms with Gasteiger partial charge in [-0.3, -0.25) is 0 Å². The van der Waals surface area contributed by atoms with Crippen molar-refractivity contribution in [3.05, 3.63) is 70.7 Å². The lowest BCUT2D eigenvalue weighted by atomic mass is 9.93. The molecule has 1 heterocycles. The molecule has 2 N–H and O–H groups in total. The minimum absolute atomic E-state index is 0.145. The number of halogens is 1. The van der Waals surface area contributed by atoms with Crippen LogP contribution in [0.4, 0.5) is 9.18 Å². The van der Waals surface area contributed by atoms with Gasteiger partial charge in [0.05, 0.1) is 25.8 Å². The summed E-state index contributed by atoms with van der Waals surface area (Å²) in [6, 6.07) is 9.96. The Bertz CT molecular complexity index is 988. The molecular weight excluding hydrogens is 403 g/mol. The maximum atomic E-state index is 13.2. The van der Waals surface area contributed by atoms with E-state index in [2.05, 4.69) is 10.6 Å². The van der Waals surface area contributed by atoms with Crippen LogP contribution in [0.2, 0.25) is 0 Å². The van der Waals surface area contributed by atoms with Crippen molar-refractivity contribution in [2.45, 2.75) is 32.4 Å². The molecule has 0 saturated carbocycles. The van der Waals surface area contributed by atoms with Crippen LogP contribution in [0, 0.1) is 5.82 Å². The van der Waals surface area contributed by atoms with E-state index in [9.17, 15) is 14.0 Å². The Kier molecular flexibility index (Phi) is 7.12. The SMILES string of the molecule is CCCC1=C(C(=O)OC)C(c2cccc(OC)c2OCc2ccc(F)cc2)NC(=O)N1. The Morgan fingerprint density at radius 1 is 1.13 bits per heavy atom. The highest BCUT2D eigenvalue weighted by Gasteiger charge is 2.35. The first-order valence-corrected chi connectivity index (χ1v) is 9.91. The van der Waals surface area contributed by atoms with Crippen molar-refractivity contribution in [1.82, 2.24) is 10.6 Å². The maximum Gasteiger partial charge on any atom is 0.337 e. The molecule has 0 aromatic heterocycles. The monoisotopic (exact) mass is 428 g/mol. The zero-order chi connectivity index (χ0) is 22.4. The van der Waals surface area contributed by atoms with Crippen LogP contribution in [0.25, 0.3) is 0 Å². The number of benzene rings is 2. The van der Waals surface area contributed by atoms with Crippen LogP contribution in [0.5, 0.6) is 11.5 Å². The summed E-state index contributed by atoms with van der Waals surface area (Å²) in [7, 11) is 2.80. The summed E-state index contributed by atoms with van der Waals surface area (Å²) < 4.78 is 29.7. The van der Waals surface area contributed by atoms with Crippen LogP contribution < -0.4 is 20.1 Å². The van der Waals surface area contributed by atoms with Crippen LogP contribution in [0.15, 0.2) is 53.7 Å². The molecule has 31 heavy (non-hydrogen) atoms. The van der Waals surface area contributed by atoms with Crippen LogP contribution in [0.3, 0.4) is 0 Å². The van der Waals surface area contributed by atoms with Gasteiger partial charge in [0, 0.05) is 11.3 Å². The van der Waals surface area contributed by atoms with Crippen molar-refractivity contribution < 1.29 is 28.2 Å². The second-order valence-electron chi connectivity index (χ2n) is 6.96. The Balaban J connectivity index is 2.05. The minimum atomic E-state index is -0.791. The quantitative estimate of drug-likeness (QED) is 0.621. The molecule has 1 atom stereocenters. The van der Waals surface area contributed by atoms with Gasteiger partial charge in [-0.15, -0.1) is 0 Å². The molecule has 1 aliphatic rings. The molecule has 7 nitrogen and oxygen atoms in total. The number of methoxy groups -OCH3 is 2. The Morgan fingerprint density at radius 3 is 2.52 bits per heavy atom. The predicted molar refractivity (Wildman–Crippen MR) is 112 cm³/mol. The zero-order valence-electron chi connectivity index (χ0n) is 17.7. The summed E-state index contributed by atoms with van der Waals surface area (Å²) in [5, 5.41) is 5.50. The van der Waals surface area contributed by atoms with Gasteiger partial charge in [-0.2, -0.15) is 0 Å². The van der Waals surface area contributed by atoms with Crippen molar-refractivity contribution in [2.75, 3.05) is 14.2 Å². The number of hydrogen-bond donors (Lipinski definition) is 2. The fourth-order valence-electron chi connectivity index (χ4n) is 3.46. The normalized spacial score (nSPS) is 15.7. The summed E-state index contributed by atoms with van der Waals surface area (Å²) in [4.78, 5) is 25.0. The third-order valence-electron chi connectivity index (χ3n) is 4.90. The van der Waals surface area contributed by atoms with E-state index in [0.717, 1.165) is 12.0 Å². The van der Waals surface area contributed by atoms with Gasteiger partial charge in [0.1, 0.15) is 12.4 Å². The fourth-order valence-corrected chi connectivity index (χ4v) is 3.46. The predicted octanol–water partition coefficient (Wildman–Crippen LogP) is 3.99. The number of hydrogen-bond acceptors (Lipinski definition) is 5. The van der Waals surface area contributed by atoms with Gasteiger partial charge >= 0.3 is 12.0 Å². The van der Waals surface area contributed by atoms with Gasteiger partial charge in [0.25, 0.3) is 0 Å². The molecular formula is C23H25FN2O5. The first-order chi connectivity index (χ1) is 15.0. The molecule has 2 amide bonds. The number of para-hydroxylation sites is 1. The average molecular weight is 428 g/mol. The molecule has 0 saturated heterocycles. The number of nitrogens with one attached hydrogen (secondary N) is 2. The molecule has 0 spiro atoms. The number of carbonyl (C=O) groups excluding carboxylic acids is 2. The van der Waals surface area contributed by atoms with Gasteiger partial charge in [0.15, 0.2) is 11.5 Å². The molecule has 2 aromatic carbocycles. The summed E-state index contributed by atoms with van der Waals surface area (Å²) >= 11 is 0. The van der Waals surface area contributed by atoms with Gasteiger partial charge in [-0.05, 0) is 30.2 Å². The lowest BCUT2D eigenvalue weighted by Crippen LogP contribution is -2.46. The average Bonchev–Trinajstić information content (AvgIpc) is 2.77. The lowest BCUT2D eigenvalue weighted by molar-refractivity contribution is -0.136. The third-order valence-corrected chi connectivity index (χ3v) is 4.90. The molecule has 3 rings (SSSR count). The first kappa shape index (κ1) is 22.1. The summed E-state index contributed by atoms with van der Waals surface area (Å²) in [6.45, 7) is 2.10. The number of urea groups is 1. The van der Waals surface area contributed by atoms with E-state index < -0.39 is 18.0 Å². The van der Waals surface area contributed by atoms with Gasteiger partial charge in [-0.25, -0.2) is 14.0 Å². The van der Waals surface area contributed by atoms with Crippen LogP contribution >= 0.6 is 0 Å². The Morgan fingerprint density at radius 2 is 1.87 bits per heavy atom. The molecule has 164 valence electrons. The molecule has 1 aliphatic heterocycles. The molecule has 1 unspecified atom stereocenters. The fraction of sp³-hybridized carbons (Fsp3) is 0.304. The summed E-state index contributed by atoms with van der Waals surface area (Å²) in [5.74, 6) is -0.0730. The highest BCUT2D eigenvalue weighted by atomic mass is 19.1. The van der Waals surface area contributed by atoms with E-state index in [4.69, 9.17) is 14.2 Å². The van der Waals surface area contributed by atoms with E-state index in [0.29, 0.717) is 34.8 Å². The van der Waals surface area contributed by atoms with Crippen LogP contribution in [0.1, 0.15) is 36.9 Å². The van der Waals surface area contributed by atoms with Crippen molar-refractivity contribution in [2.24, 2.45) is 0 Å². The van der Waals surface area contributed by atoms with Crippen molar-refractivity contribution in [3.63, 3.8) is 0 Å². The first-order valence-electron chi connectivity index (χ1n) is 9.91.